The Labute approximate surface area is 105 Å². The van der Waals surface area contributed by atoms with Gasteiger partial charge in [-0.05, 0) is 55.4 Å². The van der Waals surface area contributed by atoms with E-state index in [9.17, 15) is 5.11 Å². The molecule has 17 heavy (non-hydrogen) atoms. The molecule has 2 heteroatoms. The van der Waals surface area contributed by atoms with Gasteiger partial charge in [-0.25, -0.2) is 0 Å². The van der Waals surface area contributed by atoms with Gasteiger partial charge in [0.1, 0.15) is 0 Å². The summed E-state index contributed by atoms with van der Waals surface area (Å²) in [6.07, 6.45) is 7.97. The molecule has 1 fully saturated rings. The fraction of sp³-hybridized carbons (Fsp3) is 0.867. The minimum atomic E-state index is -0.567. The maximum atomic E-state index is 10.7. The summed E-state index contributed by atoms with van der Waals surface area (Å²) in [4.78, 5) is 0. The van der Waals surface area contributed by atoms with Crippen molar-refractivity contribution in [2.45, 2.75) is 64.9 Å². The molecule has 0 atom stereocenters. The van der Waals surface area contributed by atoms with Gasteiger partial charge in [-0.15, -0.1) is 0 Å². The average Bonchev–Trinajstić information content (AvgIpc) is 2.29. The zero-order valence-electron chi connectivity index (χ0n) is 11.5. The Kier molecular flexibility index (Phi) is 3.53. The zero-order valence-corrected chi connectivity index (χ0v) is 11.5. The predicted molar refractivity (Wildman–Crippen MR) is 69.6 cm³/mol. The molecule has 0 spiro atoms. The third-order valence-electron chi connectivity index (χ3n) is 4.57. The van der Waals surface area contributed by atoms with Gasteiger partial charge in [0.25, 0.3) is 0 Å². The molecule has 0 aromatic rings. The Hall–Kier alpha value is -0.500. The molecule has 1 saturated carbocycles. The molecule has 2 aliphatic rings. The standard InChI is InChI=1S/C15H26O2/c1-14(2,3)12-6-8-15(16,9-7-12)13-5-4-10-17-11-13/h11-12,16H,4-10H2,1-3H3. The summed E-state index contributed by atoms with van der Waals surface area (Å²) < 4.78 is 5.37. The van der Waals surface area contributed by atoms with Crippen LogP contribution >= 0.6 is 0 Å². The van der Waals surface area contributed by atoms with E-state index in [2.05, 4.69) is 20.8 Å². The highest BCUT2D eigenvalue weighted by molar-refractivity contribution is 5.17. The first-order chi connectivity index (χ1) is 7.92. The van der Waals surface area contributed by atoms with Gasteiger partial charge >= 0.3 is 0 Å². The lowest BCUT2D eigenvalue weighted by Crippen LogP contribution is -2.39. The third kappa shape index (κ3) is 2.85. The van der Waals surface area contributed by atoms with Crippen LogP contribution in [0.3, 0.4) is 0 Å². The zero-order chi connectivity index (χ0) is 12.5. The number of rotatable bonds is 1. The van der Waals surface area contributed by atoms with Crippen LogP contribution in [0.5, 0.6) is 0 Å². The highest BCUT2D eigenvalue weighted by Crippen LogP contribution is 2.45. The second kappa shape index (κ2) is 4.64. The molecule has 0 saturated heterocycles. The van der Waals surface area contributed by atoms with Gasteiger partial charge in [-0.2, -0.15) is 0 Å². The van der Waals surface area contributed by atoms with Crippen molar-refractivity contribution in [3.8, 4) is 0 Å². The Morgan fingerprint density at radius 3 is 2.41 bits per heavy atom. The van der Waals surface area contributed by atoms with Crippen molar-refractivity contribution in [1.82, 2.24) is 0 Å². The number of aliphatic hydroxyl groups is 1. The molecule has 2 rings (SSSR count). The first kappa shape index (κ1) is 12.9. The quantitative estimate of drug-likeness (QED) is 0.755. The lowest BCUT2D eigenvalue weighted by molar-refractivity contribution is -0.00410. The van der Waals surface area contributed by atoms with Crippen LogP contribution < -0.4 is 0 Å². The summed E-state index contributed by atoms with van der Waals surface area (Å²) in [5.74, 6) is 0.743. The molecular weight excluding hydrogens is 212 g/mol. The van der Waals surface area contributed by atoms with Gasteiger partial charge in [0.2, 0.25) is 0 Å². The van der Waals surface area contributed by atoms with Gasteiger partial charge < -0.3 is 9.84 Å². The van der Waals surface area contributed by atoms with E-state index in [4.69, 9.17) is 4.74 Å². The van der Waals surface area contributed by atoms with E-state index in [1.807, 2.05) is 6.26 Å². The van der Waals surface area contributed by atoms with E-state index in [1.54, 1.807) is 0 Å². The van der Waals surface area contributed by atoms with E-state index in [1.165, 1.54) is 0 Å². The summed E-state index contributed by atoms with van der Waals surface area (Å²) in [7, 11) is 0. The molecule has 0 bridgehead atoms. The molecule has 2 nitrogen and oxygen atoms in total. The maximum absolute atomic E-state index is 10.7. The monoisotopic (exact) mass is 238 g/mol. The van der Waals surface area contributed by atoms with Crippen molar-refractivity contribution in [3.05, 3.63) is 11.8 Å². The van der Waals surface area contributed by atoms with Crippen LogP contribution in [0.25, 0.3) is 0 Å². The van der Waals surface area contributed by atoms with Crippen LogP contribution in [-0.2, 0) is 4.74 Å². The van der Waals surface area contributed by atoms with Gasteiger partial charge in [-0.1, -0.05) is 20.8 Å². The molecule has 1 aliphatic carbocycles. The lowest BCUT2D eigenvalue weighted by Gasteiger charge is -2.42. The van der Waals surface area contributed by atoms with Gasteiger partial charge in [0.05, 0.1) is 18.5 Å². The van der Waals surface area contributed by atoms with E-state index in [-0.39, 0.29) is 0 Å². The molecule has 0 radical (unpaired) electrons. The molecule has 0 unspecified atom stereocenters. The average molecular weight is 238 g/mol. The molecule has 98 valence electrons. The largest absolute Gasteiger partial charge is 0.501 e. The molecule has 1 aliphatic heterocycles. The fourth-order valence-corrected chi connectivity index (χ4v) is 3.19. The molecule has 0 aromatic heterocycles. The van der Waals surface area contributed by atoms with Crippen LogP contribution in [-0.4, -0.2) is 17.3 Å². The summed E-state index contributed by atoms with van der Waals surface area (Å²) in [5, 5.41) is 10.7. The second-order valence-corrected chi connectivity index (χ2v) is 6.79. The summed E-state index contributed by atoms with van der Waals surface area (Å²) >= 11 is 0. The number of ether oxygens (including phenoxy) is 1. The Morgan fingerprint density at radius 1 is 1.29 bits per heavy atom. The van der Waals surface area contributed by atoms with Gasteiger partial charge in [0.15, 0.2) is 0 Å². The minimum absolute atomic E-state index is 0.374. The molecule has 0 amide bonds. The maximum Gasteiger partial charge on any atom is 0.0889 e. The Balaban J connectivity index is 1.99. The van der Waals surface area contributed by atoms with Crippen LogP contribution in [0, 0.1) is 11.3 Å². The fourth-order valence-electron chi connectivity index (χ4n) is 3.19. The highest BCUT2D eigenvalue weighted by atomic mass is 16.5. The Morgan fingerprint density at radius 2 is 1.94 bits per heavy atom. The summed E-state index contributed by atoms with van der Waals surface area (Å²) in [6, 6.07) is 0. The highest BCUT2D eigenvalue weighted by Gasteiger charge is 2.40. The molecule has 1 N–H and O–H groups in total. The molecule has 1 heterocycles. The second-order valence-electron chi connectivity index (χ2n) is 6.79. The van der Waals surface area contributed by atoms with Crippen molar-refractivity contribution >= 4 is 0 Å². The van der Waals surface area contributed by atoms with Crippen molar-refractivity contribution in [2.24, 2.45) is 11.3 Å². The first-order valence-electron chi connectivity index (χ1n) is 6.95. The topological polar surface area (TPSA) is 29.5 Å². The normalized spacial score (nSPS) is 35.1. The van der Waals surface area contributed by atoms with E-state index in [0.717, 1.165) is 56.6 Å². The predicted octanol–water partition coefficient (Wildman–Crippen LogP) is 3.65. The number of hydrogen-bond acceptors (Lipinski definition) is 2. The van der Waals surface area contributed by atoms with E-state index < -0.39 is 5.60 Å². The minimum Gasteiger partial charge on any atom is -0.501 e. The van der Waals surface area contributed by atoms with E-state index in [0.29, 0.717) is 5.41 Å². The number of hydrogen-bond donors (Lipinski definition) is 1. The SMILES string of the molecule is CC(C)(C)C1CCC(O)(C2=COCCC2)CC1. The van der Waals surface area contributed by atoms with Gasteiger partial charge in [0, 0.05) is 0 Å². The van der Waals surface area contributed by atoms with Crippen molar-refractivity contribution in [1.29, 1.82) is 0 Å². The van der Waals surface area contributed by atoms with Crippen LogP contribution in [0.2, 0.25) is 0 Å². The smallest absolute Gasteiger partial charge is 0.0889 e. The van der Waals surface area contributed by atoms with Crippen LogP contribution in [0.1, 0.15) is 59.3 Å². The first-order valence-corrected chi connectivity index (χ1v) is 6.95. The van der Waals surface area contributed by atoms with Crippen molar-refractivity contribution < 1.29 is 9.84 Å². The van der Waals surface area contributed by atoms with Crippen LogP contribution in [0.15, 0.2) is 11.8 Å². The summed E-state index contributed by atoms with van der Waals surface area (Å²) in [6.45, 7) is 7.74. The third-order valence-corrected chi connectivity index (χ3v) is 4.57. The van der Waals surface area contributed by atoms with Crippen molar-refractivity contribution in [3.63, 3.8) is 0 Å². The van der Waals surface area contributed by atoms with Crippen LogP contribution in [0.4, 0.5) is 0 Å². The van der Waals surface area contributed by atoms with Crippen molar-refractivity contribution in [2.75, 3.05) is 6.61 Å². The summed E-state index contributed by atoms with van der Waals surface area (Å²) in [5.41, 5.74) is 0.942. The molecular formula is C15H26O2. The van der Waals surface area contributed by atoms with E-state index >= 15 is 0 Å². The molecule has 0 aromatic carbocycles. The lowest BCUT2D eigenvalue weighted by atomic mass is 9.66. The van der Waals surface area contributed by atoms with Gasteiger partial charge in [-0.3, -0.25) is 0 Å². The Bertz CT molecular complexity index is 291.